The molecule has 0 aliphatic heterocycles. The van der Waals surface area contributed by atoms with Crippen LogP contribution in [0, 0.1) is 0 Å². The highest BCUT2D eigenvalue weighted by Gasteiger charge is 2.11. The summed E-state index contributed by atoms with van der Waals surface area (Å²) >= 11 is 1.57. The van der Waals surface area contributed by atoms with Crippen LogP contribution in [-0.2, 0) is 20.7 Å². The summed E-state index contributed by atoms with van der Waals surface area (Å²) in [5.41, 5.74) is 2.87. The minimum absolute atomic E-state index is 0.205. The van der Waals surface area contributed by atoms with Crippen LogP contribution in [0.25, 0.3) is 10.2 Å². The summed E-state index contributed by atoms with van der Waals surface area (Å²) < 4.78 is 6.18. The lowest BCUT2D eigenvalue weighted by Gasteiger charge is -2.10. The average Bonchev–Trinajstić information content (AvgIpc) is 3.13. The Morgan fingerprint density at radius 2 is 1.89 bits per heavy atom. The molecule has 0 saturated heterocycles. The molecule has 0 saturated carbocycles. The summed E-state index contributed by atoms with van der Waals surface area (Å²) in [5.74, 6) is -0.257. The number of ether oxygens (including phenoxy) is 1. The Bertz CT molecular complexity index is 917. The number of carbonyl (C=O) groups excluding carboxylic acids is 2. The number of fused-ring (bicyclic) bond motifs is 1. The number of hydrogen-bond donors (Lipinski definition) is 1. The van der Waals surface area contributed by atoms with Crippen LogP contribution in [0.15, 0.2) is 48.5 Å². The molecule has 2 aromatic carbocycles. The van der Waals surface area contributed by atoms with E-state index < -0.39 is 5.97 Å². The third-order valence-corrected chi connectivity index (χ3v) is 5.72. The van der Waals surface area contributed by atoms with E-state index in [1.165, 1.54) is 5.56 Å². The molecule has 1 N–H and O–H groups in total. The molecule has 0 fully saturated rings. The van der Waals surface area contributed by atoms with Gasteiger partial charge in [0.25, 0.3) is 5.91 Å². The van der Waals surface area contributed by atoms with Gasteiger partial charge >= 0.3 is 5.97 Å². The Kier molecular flexibility index (Phi) is 6.76. The first-order chi connectivity index (χ1) is 13.5. The number of para-hydroxylation sites is 1. The van der Waals surface area contributed by atoms with Crippen molar-refractivity contribution in [1.82, 2.24) is 4.98 Å². The van der Waals surface area contributed by atoms with Crippen LogP contribution in [-0.4, -0.2) is 23.5 Å². The molecular formula is C22H24N2O3S. The summed E-state index contributed by atoms with van der Waals surface area (Å²) in [7, 11) is 0. The number of rotatable bonds is 8. The normalized spacial score (nSPS) is 11.9. The predicted molar refractivity (Wildman–Crippen MR) is 113 cm³/mol. The van der Waals surface area contributed by atoms with E-state index in [-0.39, 0.29) is 18.9 Å². The van der Waals surface area contributed by atoms with Gasteiger partial charge in [0.15, 0.2) is 6.61 Å². The molecule has 6 heteroatoms. The van der Waals surface area contributed by atoms with Crippen LogP contribution < -0.4 is 5.32 Å². The van der Waals surface area contributed by atoms with Gasteiger partial charge in [-0.15, -0.1) is 11.3 Å². The maximum atomic E-state index is 12.0. The van der Waals surface area contributed by atoms with E-state index in [1.807, 2.05) is 48.5 Å². The van der Waals surface area contributed by atoms with Crippen LogP contribution in [0.1, 0.15) is 43.2 Å². The lowest BCUT2D eigenvalue weighted by Crippen LogP contribution is -2.21. The first-order valence-corrected chi connectivity index (χ1v) is 10.3. The molecule has 0 aliphatic carbocycles. The molecule has 3 rings (SSSR count). The van der Waals surface area contributed by atoms with E-state index in [4.69, 9.17) is 4.74 Å². The van der Waals surface area contributed by atoms with Crippen molar-refractivity contribution >= 4 is 39.1 Å². The summed E-state index contributed by atoms with van der Waals surface area (Å²) in [4.78, 5) is 28.4. The van der Waals surface area contributed by atoms with E-state index in [0.717, 1.165) is 21.6 Å². The zero-order valence-electron chi connectivity index (χ0n) is 16.1. The van der Waals surface area contributed by atoms with Gasteiger partial charge in [-0.3, -0.25) is 9.59 Å². The number of hydrogen-bond acceptors (Lipinski definition) is 5. The van der Waals surface area contributed by atoms with E-state index in [1.54, 1.807) is 11.3 Å². The fraction of sp³-hybridized carbons (Fsp3) is 0.318. The van der Waals surface area contributed by atoms with Gasteiger partial charge in [0.05, 0.1) is 21.6 Å². The van der Waals surface area contributed by atoms with Crippen LogP contribution in [0.4, 0.5) is 5.69 Å². The minimum atomic E-state index is -0.401. The number of thiazole rings is 1. The van der Waals surface area contributed by atoms with Gasteiger partial charge in [0.1, 0.15) is 0 Å². The molecule has 1 amide bonds. The number of aromatic nitrogens is 1. The SMILES string of the molecule is CC[C@H](C)c1ccc(NC(=O)COC(=O)CCc2nc3ccccc3s2)cc1. The monoisotopic (exact) mass is 396 g/mol. The third kappa shape index (κ3) is 5.39. The molecule has 1 aromatic heterocycles. The number of aryl methyl sites for hydroxylation is 1. The van der Waals surface area contributed by atoms with Crippen molar-refractivity contribution in [3.8, 4) is 0 Å². The van der Waals surface area contributed by atoms with E-state index >= 15 is 0 Å². The second-order valence-corrected chi connectivity index (χ2v) is 7.83. The van der Waals surface area contributed by atoms with Gasteiger partial charge in [-0.05, 0) is 42.2 Å². The first kappa shape index (κ1) is 20.0. The van der Waals surface area contributed by atoms with Crippen LogP contribution in [0.5, 0.6) is 0 Å². The lowest BCUT2D eigenvalue weighted by atomic mass is 9.99. The number of anilines is 1. The average molecular weight is 397 g/mol. The molecule has 0 radical (unpaired) electrons. The van der Waals surface area contributed by atoms with E-state index in [2.05, 4.69) is 24.1 Å². The van der Waals surface area contributed by atoms with Gasteiger partial charge in [-0.2, -0.15) is 0 Å². The van der Waals surface area contributed by atoms with Crippen molar-refractivity contribution in [3.05, 3.63) is 59.1 Å². The number of esters is 1. The van der Waals surface area contributed by atoms with Crippen LogP contribution in [0.3, 0.4) is 0 Å². The summed E-state index contributed by atoms with van der Waals surface area (Å²) in [6, 6.07) is 15.6. The Balaban J connectivity index is 1.41. The molecule has 0 aliphatic rings. The number of nitrogens with one attached hydrogen (secondary N) is 1. The molecule has 3 aromatic rings. The third-order valence-electron chi connectivity index (χ3n) is 4.62. The Morgan fingerprint density at radius 1 is 1.14 bits per heavy atom. The molecule has 0 unspecified atom stereocenters. The maximum Gasteiger partial charge on any atom is 0.306 e. The molecule has 146 valence electrons. The highest BCUT2D eigenvalue weighted by atomic mass is 32.1. The van der Waals surface area contributed by atoms with Gasteiger partial charge in [-0.1, -0.05) is 38.1 Å². The molecule has 1 atom stereocenters. The van der Waals surface area contributed by atoms with E-state index in [9.17, 15) is 9.59 Å². The summed E-state index contributed by atoms with van der Waals surface area (Å²) in [5, 5.41) is 3.64. The lowest BCUT2D eigenvalue weighted by molar-refractivity contribution is -0.147. The Morgan fingerprint density at radius 3 is 2.61 bits per heavy atom. The molecule has 5 nitrogen and oxygen atoms in total. The smallest absolute Gasteiger partial charge is 0.306 e. The molecule has 28 heavy (non-hydrogen) atoms. The Labute approximate surface area is 168 Å². The number of benzene rings is 2. The number of amides is 1. The first-order valence-electron chi connectivity index (χ1n) is 9.45. The maximum absolute atomic E-state index is 12.0. The van der Waals surface area contributed by atoms with E-state index in [0.29, 0.717) is 18.0 Å². The second-order valence-electron chi connectivity index (χ2n) is 6.72. The topological polar surface area (TPSA) is 68.3 Å². The van der Waals surface area contributed by atoms with Gasteiger partial charge in [0.2, 0.25) is 0 Å². The van der Waals surface area contributed by atoms with Gasteiger partial charge in [0, 0.05) is 12.1 Å². The molecular weight excluding hydrogens is 372 g/mol. The summed E-state index contributed by atoms with van der Waals surface area (Å²) in [6.07, 6.45) is 1.78. The zero-order valence-corrected chi connectivity index (χ0v) is 16.9. The predicted octanol–water partition coefficient (Wildman–Crippen LogP) is 4.92. The number of nitrogens with zero attached hydrogens (tertiary/aromatic N) is 1. The van der Waals surface area contributed by atoms with Crippen LogP contribution >= 0.6 is 11.3 Å². The fourth-order valence-electron chi connectivity index (χ4n) is 2.78. The standard InChI is InChI=1S/C22H24N2O3S/c1-3-15(2)16-8-10-17(11-9-16)23-20(25)14-27-22(26)13-12-21-24-18-6-4-5-7-19(18)28-21/h4-11,15H,3,12-14H2,1-2H3,(H,23,25)/t15-/m0/s1. The van der Waals surface area contributed by atoms with Crippen molar-refractivity contribution in [2.75, 3.05) is 11.9 Å². The second kappa shape index (κ2) is 9.46. The van der Waals surface area contributed by atoms with Gasteiger partial charge in [-0.25, -0.2) is 4.98 Å². The van der Waals surface area contributed by atoms with Crippen LogP contribution in [0.2, 0.25) is 0 Å². The highest BCUT2D eigenvalue weighted by Crippen LogP contribution is 2.22. The van der Waals surface area contributed by atoms with Crippen molar-refractivity contribution < 1.29 is 14.3 Å². The molecule has 0 spiro atoms. The van der Waals surface area contributed by atoms with Gasteiger partial charge < -0.3 is 10.1 Å². The quantitative estimate of drug-likeness (QED) is 0.549. The number of carbonyl (C=O) groups is 2. The van der Waals surface area contributed by atoms with Crippen molar-refractivity contribution in [1.29, 1.82) is 0 Å². The van der Waals surface area contributed by atoms with Crippen molar-refractivity contribution in [2.24, 2.45) is 0 Å². The fourth-order valence-corrected chi connectivity index (χ4v) is 3.75. The summed E-state index contributed by atoms with van der Waals surface area (Å²) in [6.45, 7) is 4.03. The largest absolute Gasteiger partial charge is 0.456 e. The highest BCUT2D eigenvalue weighted by molar-refractivity contribution is 7.18. The molecule has 0 bridgehead atoms. The van der Waals surface area contributed by atoms with Crippen molar-refractivity contribution in [2.45, 2.75) is 39.0 Å². The molecule has 1 heterocycles. The Hall–Kier alpha value is -2.73. The zero-order chi connectivity index (χ0) is 19.9. The minimum Gasteiger partial charge on any atom is -0.456 e. The van der Waals surface area contributed by atoms with Crippen molar-refractivity contribution in [3.63, 3.8) is 0 Å².